The summed E-state index contributed by atoms with van der Waals surface area (Å²) in [6.45, 7) is -2.78. The molecule has 0 aliphatic carbocycles. The van der Waals surface area contributed by atoms with Gasteiger partial charge in [0.1, 0.15) is 5.75 Å². The van der Waals surface area contributed by atoms with Crippen molar-refractivity contribution in [3.63, 3.8) is 0 Å². The van der Waals surface area contributed by atoms with Crippen LogP contribution in [0.4, 0.5) is 20.2 Å². The molecule has 2 aromatic rings. The van der Waals surface area contributed by atoms with E-state index in [4.69, 9.17) is 0 Å². The van der Waals surface area contributed by atoms with Crippen molar-refractivity contribution in [1.82, 2.24) is 5.32 Å². The van der Waals surface area contributed by atoms with Crippen LogP contribution in [0.5, 0.6) is 5.75 Å². The predicted molar refractivity (Wildman–Crippen MR) is 91.7 cm³/mol. The second-order valence-corrected chi connectivity index (χ2v) is 5.56. The number of benzene rings is 2. The van der Waals surface area contributed by atoms with Crippen molar-refractivity contribution in [2.45, 2.75) is 13.2 Å². The third kappa shape index (κ3) is 4.88. The monoisotopic (exact) mass is 365 g/mol. The number of rotatable bonds is 7. The van der Waals surface area contributed by atoms with E-state index >= 15 is 0 Å². The van der Waals surface area contributed by atoms with E-state index in [1.165, 1.54) is 42.5 Å². The van der Waals surface area contributed by atoms with Gasteiger partial charge in [-0.25, -0.2) is 0 Å². The molecule has 0 aliphatic rings. The first-order chi connectivity index (χ1) is 12.3. The molecule has 26 heavy (non-hydrogen) atoms. The van der Waals surface area contributed by atoms with E-state index in [-0.39, 0.29) is 23.5 Å². The highest BCUT2D eigenvalue weighted by Crippen LogP contribution is 2.24. The molecule has 0 saturated heterocycles. The van der Waals surface area contributed by atoms with Gasteiger partial charge < -0.3 is 15.0 Å². The third-order valence-electron chi connectivity index (χ3n) is 3.52. The summed E-state index contributed by atoms with van der Waals surface area (Å²) in [5.41, 5.74) is 1.18. The van der Waals surface area contributed by atoms with Crippen LogP contribution in [-0.4, -0.2) is 31.5 Å². The van der Waals surface area contributed by atoms with Gasteiger partial charge in [0.2, 0.25) is 0 Å². The topological polar surface area (TPSA) is 84.7 Å². The number of nitro benzene ring substituents is 1. The Hall–Kier alpha value is -3.23. The molecular weight excluding hydrogens is 348 g/mol. The van der Waals surface area contributed by atoms with Crippen LogP contribution in [0.3, 0.4) is 0 Å². The number of nitro groups is 1. The van der Waals surface area contributed by atoms with E-state index in [2.05, 4.69) is 10.1 Å². The molecule has 0 aromatic heterocycles. The zero-order valence-corrected chi connectivity index (χ0v) is 14.1. The summed E-state index contributed by atoms with van der Waals surface area (Å²) in [6.07, 6.45) is 0. The molecule has 7 nitrogen and oxygen atoms in total. The Bertz CT molecular complexity index is 795. The Balaban J connectivity index is 2.12. The van der Waals surface area contributed by atoms with Gasteiger partial charge in [-0.15, -0.1) is 0 Å². The summed E-state index contributed by atoms with van der Waals surface area (Å²) in [4.78, 5) is 24.5. The Kier molecular flexibility index (Phi) is 6.05. The number of non-ortho nitro benzene ring substituents is 1. The van der Waals surface area contributed by atoms with Gasteiger partial charge in [-0.2, -0.15) is 8.78 Å². The maximum Gasteiger partial charge on any atom is 0.387 e. The number of carbonyl (C=O) groups is 1. The number of halogens is 2. The van der Waals surface area contributed by atoms with Gasteiger partial charge >= 0.3 is 6.61 Å². The fraction of sp³-hybridized carbons (Fsp3) is 0.235. The Morgan fingerprint density at radius 2 is 1.88 bits per heavy atom. The molecule has 0 heterocycles. The minimum absolute atomic E-state index is 0.0173. The van der Waals surface area contributed by atoms with Crippen LogP contribution in [0.25, 0.3) is 0 Å². The molecule has 1 amide bonds. The van der Waals surface area contributed by atoms with Gasteiger partial charge in [-0.1, -0.05) is 12.1 Å². The summed E-state index contributed by atoms with van der Waals surface area (Å²) in [5, 5.41) is 13.6. The zero-order chi connectivity index (χ0) is 19.3. The molecule has 2 aromatic carbocycles. The third-order valence-corrected chi connectivity index (χ3v) is 3.52. The van der Waals surface area contributed by atoms with Crippen molar-refractivity contribution >= 4 is 17.3 Å². The van der Waals surface area contributed by atoms with Crippen LogP contribution >= 0.6 is 0 Å². The second-order valence-electron chi connectivity index (χ2n) is 5.56. The molecular formula is C17H17F2N3O4. The van der Waals surface area contributed by atoms with E-state index in [0.717, 1.165) is 0 Å². The lowest BCUT2D eigenvalue weighted by atomic mass is 10.1. The Morgan fingerprint density at radius 1 is 1.23 bits per heavy atom. The number of carbonyl (C=O) groups excluding carboxylic acids is 1. The molecule has 0 atom stereocenters. The largest absolute Gasteiger partial charge is 0.435 e. The number of hydrogen-bond acceptors (Lipinski definition) is 5. The van der Waals surface area contributed by atoms with E-state index in [0.29, 0.717) is 11.3 Å². The van der Waals surface area contributed by atoms with E-state index in [9.17, 15) is 23.7 Å². The molecule has 0 unspecified atom stereocenters. The van der Waals surface area contributed by atoms with Gasteiger partial charge in [-0.05, 0) is 23.8 Å². The fourth-order valence-electron chi connectivity index (χ4n) is 2.28. The molecule has 0 fully saturated rings. The Morgan fingerprint density at radius 3 is 2.42 bits per heavy atom. The van der Waals surface area contributed by atoms with Crippen molar-refractivity contribution < 1.29 is 23.2 Å². The zero-order valence-electron chi connectivity index (χ0n) is 14.1. The Labute approximate surface area is 148 Å². The van der Waals surface area contributed by atoms with Gasteiger partial charge in [0, 0.05) is 38.5 Å². The molecule has 138 valence electrons. The molecule has 0 saturated carbocycles. The van der Waals surface area contributed by atoms with Gasteiger partial charge in [-0.3, -0.25) is 14.9 Å². The fourth-order valence-corrected chi connectivity index (χ4v) is 2.28. The van der Waals surface area contributed by atoms with Crippen LogP contribution in [0.15, 0.2) is 42.5 Å². The average Bonchev–Trinajstić information content (AvgIpc) is 2.59. The normalized spacial score (nSPS) is 10.5. The number of alkyl halides is 2. The van der Waals surface area contributed by atoms with E-state index in [1.807, 2.05) is 0 Å². The average molecular weight is 365 g/mol. The minimum Gasteiger partial charge on any atom is -0.435 e. The standard InChI is InChI=1S/C17H17F2N3O4/c1-21(2)15-8-5-12(22(24)25)9-14(15)16(23)20-10-11-3-6-13(7-4-11)26-17(18)19/h3-9,17H,10H2,1-2H3,(H,20,23). The molecule has 0 aliphatic heterocycles. The van der Waals surface area contributed by atoms with Crippen molar-refractivity contribution in [2.75, 3.05) is 19.0 Å². The first kappa shape index (κ1) is 19.1. The van der Waals surface area contributed by atoms with Crippen LogP contribution < -0.4 is 15.0 Å². The van der Waals surface area contributed by atoms with Crippen molar-refractivity contribution in [3.05, 3.63) is 63.7 Å². The van der Waals surface area contributed by atoms with Crippen LogP contribution in [0.1, 0.15) is 15.9 Å². The van der Waals surface area contributed by atoms with Gasteiger partial charge in [0.15, 0.2) is 0 Å². The van der Waals surface area contributed by atoms with Crippen molar-refractivity contribution in [2.24, 2.45) is 0 Å². The number of ether oxygens (including phenoxy) is 1. The van der Waals surface area contributed by atoms with Crippen LogP contribution in [-0.2, 0) is 6.54 Å². The summed E-state index contributed by atoms with van der Waals surface area (Å²) >= 11 is 0. The number of amides is 1. The maximum absolute atomic E-state index is 12.4. The molecule has 1 N–H and O–H groups in total. The highest BCUT2D eigenvalue weighted by atomic mass is 19.3. The molecule has 0 radical (unpaired) electrons. The van der Waals surface area contributed by atoms with Gasteiger partial charge in [0.25, 0.3) is 11.6 Å². The second kappa shape index (κ2) is 8.24. The van der Waals surface area contributed by atoms with Crippen molar-refractivity contribution in [1.29, 1.82) is 0 Å². The molecule has 2 rings (SSSR count). The minimum atomic E-state index is -2.90. The predicted octanol–water partition coefficient (Wildman–Crippen LogP) is 3.19. The van der Waals surface area contributed by atoms with Crippen molar-refractivity contribution in [3.8, 4) is 5.75 Å². The lowest BCUT2D eigenvalue weighted by Gasteiger charge is -2.17. The smallest absolute Gasteiger partial charge is 0.387 e. The highest BCUT2D eigenvalue weighted by molar-refractivity contribution is 6.00. The van der Waals surface area contributed by atoms with Crippen LogP contribution in [0.2, 0.25) is 0 Å². The first-order valence-corrected chi connectivity index (χ1v) is 7.55. The SMILES string of the molecule is CN(C)c1ccc([N+](=O)[O-])cc1C(=O)NCc1ccc(OC(F)F)cc1. The van der Waals surface area contributed by atoms with Gasteiger partial charge in [0.05, 0.1) is 10.5 Å². The molecule has 0 bridgehead atoms. The molecule has 0 spiro atoms. The maximum atomic E-state index is 12.4. The first-order valence-electron chi connectivity index (χ1n) is 7.55. The number of hydrogen-bond donors (Lipinski definition) is 1. The quantitative estimate of drug-likeness (QED) is 0.602. The summed E-state index contributed by atoms with van der Waals surface area (Å²) < 4.78 is 28.5. The molecule has 9 heteroatoms. The summed E-state index contributed by atoms with van der Waals surface area (Å²) in [6, 6.07) is 9.86. The number of nitrogens with one attached hydrogen (secondary N) is 1. The lowest BCUT2D eigenvalue weighted by Crippen LogP contribution is -2.25. The number of nitrogens with zero attached hydrogens (tertiary/aromatic N) is 2. The summed E-state index contributed by atoms with van der Waals surface area (Å²) in [5.74, 6) is -0.464. The summed E-state index contributed by atoms with van der Waals surface area (Å²) in [7, 11) is 3.44. The van der Waals surface area contributed by atoms with E-state index < -0.39 is 17.4 Å². The van der Waals surface area contributed by atoms with Crippen LogP contribution in [0, 0.1) is 10.1 Å². The van der Waals surface area contributed by atoms with E-state index in [1.54, 1.807) is 19.0 Å². The highest BCUT2D eigenvalue weighted by Gasteiger charge is 2.17. The number of anilines is 1. The lowest BCUT2D eigenvalue weighted by molar-refractivity contribution is -0.384.